The van der Waals surface area contributed by atoms with Crippen molar-refractivity contribution in [2.75, 3.05) is 7.11 Å². The van der Waals surface area contributed by atoms with Crippen molar-refractivity contribution in [3.05, 3.63) is 26.4 Å². The second-order valence-corrected chi connectivity index (χ2v) is 4.87. The maximum Gasteiger partial charge on any atom is 0.330 e. The van der Waals surface area contributed by atoms with Crippen molar-refractivity contribution in [1.29, 1.82) is 0 Å². The number of hydrogen-bond acceptors (Lipinski definition) is 3. The number of hydrogen-bond donors (Lipinski definition) is 0. The Bertz CT molecular complexity index is 382. The number of halogens is 2. The van der Waals surface area contributed by atoms with Gasteiger partial charge in [0.15, 0.2) is 0 Å². The molecule has 76 valence electrons. The number of thiophene rings is 1. The summed E-state index contributed by atoms with van der Waals surface area (Å²) in [5.41, 5.74) is 1.51. The quantitative estimate of drug-likeness (QED) is 0.592. The first-order valence-electron chi connectivity index (χ1n) is 3.76. The third-order valence-electron chi connectivity index (χ3n) is 1.62. The largest absolute Gasteiger partial charge is 0.466 e. The molecule has 0 spiro atoms. The number of ether oxygens (including phenoxy) is 1. The van der Waals surface area contributed by atoms with Crippen LogP contribution in [0, 0.1) is 0 Å². The second-order valence-electron chi connectivity index (χ2n) is 2.59. The van der Waals surface area contributed by atoms with Crippen LogP contribution in [-0.2, 0) is 9.53 Å². The third kappa shape index (κ3) is 2.74. The van der Waals surface area contributed by atoms with Crippen LogP contribution in [-0.4, -0.2) is 13.1 Å². The van der Waals surface area contributed by atoms with Crippen LogP contribution in [0.4, 0.5) is 0 Å². The van der Waals surface area contributed by atoms with E-state index in [4.69, 9.17) is 23.2 Å². The summed E-state index contributed by atoms with van der Waals surface area (Å²) >= 11 is 12.9. The standard InChI is InChI=1S/C9H8Cl2O2S/c1-5(3-8(12)13-2)6-4-7(10)14-9(6)11/h3-4H,1-2H3/b5-3-. The van der Waals surface area contributed by atoms with Crippen LogP contribution < -0.4 is 0 Å². The number of carbonyl (C=O) groups is 1. The van der Waals surface area contributed by atoms with Crippen LogP contribution in [0.2, 0.25) is 8.67 Å². The van der Waals surface area contributed by atoms with Gasteiger partial charge in [0.1, 0.15) is 4.34 Å². The Kier molecular flexibility index (Phi) is 3.98. The van der Waals surface area contributed by atoms with Crippen molar-refractivity contribution < 1.29 is 9.53 Å². The van der Waals surface area contributed by atoms with Crippen LogP contribution in [0.25, 0.3) is 5.57 Å². The van der Waals surface area contributed by atoms with Crippen LogP contribution in [0.1, 0.15) is 12.5 Å². The lowest BCUT2D eigenvalue weighted by Gasteiger charge is -1.97. The molecule has 0 atom stereocenters. The molecule has 1 aromatic rings. The molecule has 0 fully saturated rings. The Labute approximate surface area is 96.1 Å². The van der Waals surface area contributed by atoms with Crippen LogP contribution in [0.5, 0.6) is 0 Å². The van der Waals surface area contributed by atoms with E-state index in [1.807, 2.05) is 0 Å². The molecule has 0 unspecified atom stereocenters. The highest BCUT2D eigenvalue weighted by Gasteiger charge is 2.08. The minimum Gasteiger partial charge on any atom is -0.466 e. The Morgan fingerprint density at radius 1 is 1.57 bits per heavy atom. The summed E-state index contributed by atoms with van der Waals surface area (Å²) in [5, 5.41) is 0. The molecule has 0 bridgehead atoms. The minimum atomic E-state index is -0.402. The zero-order chi connectivity index (χ0) is 10.7. The maximum absolute atomic E-state index is 10.9. The molecule has 0 radical (unpaired) electrons. The van der Waals surface area contributed by atoms with Crippen LogP contribution >= 0.6 is 34.5 Å². The molecule has 1 aromatic heterocycles. The summed E-state index contributed by atoms with van der Waals surface area (Å²) in [6.07, 6.45) is 1.38. The number of allylic oxidation sites excluding steroid dienone is 1. The van der Waals surface area contributed by atoms with Gasteiger partial charge in [-0.05, 0) is 18.6 Å². The molecule has 1 rings (SSSR count). The Morgan fingerprint density at radius 2 is 2.21 bits per heavy atom. The SMILES string of the molecule is COC(=O)/C=C(/C)c1cc(Cl)sc1Cl. The van der Waals surface area contributed by atoms with Gasteiger partial charge in [0.05, 0.1) is 11.4 Å². The predicted molar refractivity (Wildman–Crippen MR) is 60.0 cm³/mol. The Hall–Kier alpha value is -0.510. The van der Waals surface area contributed by atoms with Gasteiger partial charge in [0.2, 0.25) is 0 Å². The molecule has 1 heterocycles. The van der Waals surface area contributed by atoms with Crippen molar-refractivity contribution in [3.8, 4) is 0 Å². The molecule has 0 amide bonds. The van der Waals surface area contributed by atoms with Gasteiger partial charge in [0.25, 0.3) is 0 Å². The second kappa shape index (κ2) is 4.82. The van der Waals surface area contributed by atoms with E-state index in [9.17, 15) is 4.79 Å². The monoisotopic (exact) mass is 250 g/mol. The zero-order valence-corrected chi connectivity index (χ0v) is 9.96. The maximum atomic E-state index is 10.9. The lowest BCUT2D eigenvalue weighted by molar-refractivity contribution is -0.134. The summed E-state index contributed by atoms with van der Waals surface area (Å²) in [4.78, 5) is 10.9. The van der Waals surface area contributed by atoms with E-state index in [1.165, 1.54) is 24.5 Å². The number of methoxy groups -OCH3 is 1. The highest BCUT2D eigenvalue weighted by Crippen LogP contribution is 2.35. The summed E-state index contributed by atoms with van der Waals surface area (Å²) in [6.45, 7) is 1.78. The van der Waals surface area contributed by atoms with E-state index in [2.05, 4.69) is 4.74 Å². The summed E-state index contributed by atoms with van der Waals surface area (Å²) in [7, 11) is 1.33. The Morgan fingerprint density at radius 3 is 2.64 bits per heavy atom. The van der Waals surface area contributed by atoms with E-state index in [0.717, 1.165) is 11.1 Å². The minimum absolute atomic E-state index is 0.402. The van der Waals surface area contributed by atoms with Crippen LogP contribution in [0.3, 0.4) is 0 Å². The molecule has 5 heteroatoms. The van der Waals surface area contributed by atoms with Gasteiger partial charge in [0, 0.05) is 11.6 Å². The van der Waals surface area contributed by atoms with Gasteiger partial charge in [-0.15, -0.1) is 11.3 Å². The summed E-state index contributed by atoms with van der Waals surface area (Å²) in [6, 6.07) is 1.73. The molecule has 14 heavy (non-hydrogen) atoms. The first-order chi connectivity index (χ1) is 6.54. The van der Waals surface area contributed by atoms with Crippen molar-refractivity contribution in [1.82, 2.24) is 0 Å². The number of esters is 1. The van der Waals surface area contributed by atoms with E-state index in [1.54, 1.807) is 13.0 Å². The Balaban J connectivity index is 2.99. The van der Waals surface area contributed by atoms with Gasteiger partial charge >= 0.3 is 5.97 Å². The highest BCUT2D eigenvalue weighted by atomic mass is 35.5. The fraction of sp³-hybridized carbons (Fsp3) is 0.222. The fourth-order valence-corrected chi connectivity index (χ4v) is 2.51. The lowest BCUT2D eigenvalue weighted by atomic mass is 10.1. The van der Waals surface area contributed by atoms with E-state index >= 15 is 0 Å². The molecule has 0 aromatic carbocycles. The molecule has 0 aliphatic carbocycles. The zero-order valence-electron chi connectivity index (χ0n) is 7.64. The molecule has 0 aliphatic heterocycles. The van der Waals surface area contributed by atoms with E-state index < -0.39 is 5.97 Å². The molecular weight excluding hydrogens is 243 g/mol. The first kappa shape index (κ1) is 11.6. The lowest BCUT2D eigenvalue weighted by Crippen LogP contribution is -1.95. The van der Waals surface area contributed by atoms with E-state index in [0.29, 0.717) is 8.67 Å². The van der Waals surface area contributed by atoms with Crippen LogP contribution in [0.15, 0.2) is 12.1 Å². The fourth-order valence-electron chi connectivity index (χ4n) is 0.923. The number of carbonyl (C=O) groups excluding carboxylic acids is 1. The normalized spacial score (nSPS) is 11.6. The topological polar surface area (TPSA) is 26.3 Å². The van der Waals surface area contributed by atoms with E-state index in [-0.39, 0.29) is 0 Å². The van der Waals surface area contributed by atoms with Crippen molar-refractivity contribution in [2.45, 2.75) is 6.92 Å². The van der Waals surface area contributed by atoms with Crippen molar-refractivity contribution in [3.63, 3.8) is 0 Å². The summed E-state index contributed by atoms with van der Waals surface area (Å²) < 4.78 is 5.68. The van der Waals surface area contributed by atoms with Crippen molar-refractivity contribution >= 4 is 46.1 Å². The van der Waals surface area contributed by atoms with Gasteiger partial charge in [-0.3, -0.25) is 0 Å². The average molecular weight is 251 g/mol. The molecule has 0 aliphatic rings. The highest BCUT2D eigenvalue weighted by molar-refractivity contribution is 7.20. The molecule has 0 N–H and O–H groups in total. The summed E-state index contributed by atoms with van der Waals surface area (Å²) in [5.74, 6) is -0.402. The smallest absolute Gasteiger partial charge is 0.330 e. The third-order valence-corrected chi connectivity index (χ3v) is 3.10. The molecular formula is C9H8Cl2O2S. The predicted octanol–water partition coefficient (Wildman–Crippen LogP) is 3.63. The van der Waals surface area contributed by atoms with Gasteiger partial charge in [-0.1, -0.05) is 23.2 Å². The van der Waals surface area contributed by atoms with Gasteiger partial charge in [-0.2, -0.15) is 0 Å². The molecule has 0 saturated carbocycles. The molecule has 2 nitrogen and oxygen atoms in total. The number of rotatable bonds is 2. The van der Waals surface area contributed by atoms with Crippen molar-refractivity contribution in [2.24, 2.45) is 0 Å². The average Bonchev–Trinajstić information content (AvgIpc) is 2.45. The van der Waals surface area contributed by atoms with Gasteiger partial charge in [-0.25, -0.2) is 4.79 Å². The van der Waals surface area contributed by atoms with Gasteiger partial charge < -0.3 is 4.74 Å². The first-order valence-corrected chi connectivity index (χ1v) is 5.33. The molecule has 0 saturated heterocycles.